The maximum atomic E-state index is 12.3. The Morgan fingerprint density at radius 1 is 0.903 bits per heavy atom. The van der Waals surface area contributed by atoms with Gasteiger partial charge in [-0.2, -0.15) is 0 Å². The summed E-state index contributed by atoms with van der Waals surface area (Å²) in [6.45, 7) is 3.62. The molecule has 31 heavy (non-hydrogen) atoms. The van der Waals surface area contributed by atoms with Crippen LogP contribution in [0.5, 0.6) is 0 Å². The molecule has 0 radical (unpaired) electrons. The minimum Gasteiger partial charge on any atom is -0.339 e. The number of anilines is 2. The minimum absolute atomic E-state index is 0.157. The van der Waals surface area contributed by atoms with Gasteiger partial charge >= 0.3 is 0 Å². The number of halogens is 3. The Hall–Kier alpha value is -1.28. The summed E-state index contributed by atoms with van der Waals surface area (Å²) < 4.78 is -1.79. The molecule has 0 bridgehead atoms. The van der Waals surface area contributed by atoms with Crippen LogP contribution in [0.3, 0.4) is 0 Å². The van der Waals surface area contributed by atoms with Crippen molar-refractivity contribution in [3.8, 4) is 0 Å². The molecule has 0 aliphatic heterocycles. The standard InChI is InChI=1S/C21H31Cl3N4O2S/c1-3-4-5-6-7-8-9-10-18(30)27-19(21(22,23)24)28-20(31)26-17-13-11-16(12-14-17)25-15(2)29/h11-14,19H,3-10H2,1-2H3,(H,25,29)(H,27,30)(H2,26,28,31)/t19-/m0/s1. The molecule has 0 saturated carbocycles. The van der Waals surface area contributed by atoms with Gasteiger partial charge in [0.25, 0.3) is 0 Å². The van der Waals surface area contributed by atoms with Crippen molar-refractivity contribution >= 4 is 75.3 Å². The van der Waals surface area contributed by atoms with Crippen LogP contribution in [-0.4, -0.2) is 26.9 Å². The number of rotatable bonds is 12. The molecule has 0 unspecified atom stereocenters. The second kappa shape index (κ2) is 14.7. The zero-order chi connectivity index (χ0) is 23.3. The Kier molecular flexibility index (Phi) is 13.2. The molecule has 4 N–H and O–H groups in total. The number of amides is 2. The van der Waals surface area contributed by atoms with Crippen LogP contribution < -0.4 is 21.3 Å². The predicted octanol–water partition coefficient (Wildman–Crippen LogP) is 5.88. The predicted molar refractivity (Wildman–Crippen MR) is 135 cm³/mol. The summed E-state index contributed by atoms with van der Waals surface area (Å²) in [5.74, 6) is -0.365. The number of alkyl halides is 3. The van der Waals surface area contributed by atoms with E-state index >= 15 is 0 Å². The van der Waals surface area contributed by atoms with Crippen molar-refractivity contribution in [3.63, 3.8) is 0 Å². The molecule has 0 fully saturated rings. The summed E-state index contributed by atoms with van der Waals surface area (Å²) in [7, 11) is 0. The number of thiocarbonyl (C=S) groups is 1. The molecule has 1 atom stereocenters. The largest absolute Gasteiger partial charge is 0.339 e. The Balaban J connectivity index is 2.48. The SMILES string of the molecule is CCCCCCCCCC(=O)N[C@@H](NC(=S)Nc1ccc(NC(C)=O)cc1)C(Cl)(Cl)Cl. The third-order valence-corrected chi connectivity index (χ3v) is 5.25. The minimum atomic E-state index is -1.79. The molecule has 174 valence electrons. The van der Waals surface area contributed by atoms with Crippen molar-refractivity contribution in [2.75, 3.05) is 10.6 Å². The Labute approximate surface area is 205 Å². The van der Waals surface area contributed by atoms with E-state index < -0.39 is 9.96 Å². The fourth-order valence-electron chi connectivity index (χ4n) is 2.81. The smallest absolute Gasteiger partial charge is 0.228 e. The zero-order valence-corrected chi connectivity index (χ0v) is 21.0. The summed E-state index contributed by atoms with van der Waals surface area (Å²) in [5, 5.41) is 11.3. The lowest BCUT2D eigenvalue weighted by molar-refractivity contribution is -0.122. The average molecular weight is 510 g/mol. The van der Waals surface area contributed by atoms with Crippen molar-refractivity contribution in [2.24, 2.45) is 0 Å². The van der Waals surface area contributed by atoms with Gasteiger partial charge in [0, 0.05) is 24.7 Å². The topological polar surface area (TPSA) is 82.3 Å². The molecule has 2 amide bonds. The second-order valence-corrected chi connectivity index (χ2v) is 10.0. The van der Waals surface area contributed by atoms with Crippen LogP contribution in [-0.2, 0) is 9.59 Å². The van der Waals surface area contributed by atoms with E-state index in [1.54, 1.807) is 24.3 Å². The van der Waals surface area contributed by atoms with Crippen LogP contribution >= 0.6 is 47.0 Å². The molecule has 0 aliphatic rings. The van der Waals surface area contributed by atoms with E-state index in [4.69, 9.17) is 47.0 Å². The van der Waals surface area contributed by atoms with Crippen LogP contribution in [0.25, 0.3) is 0 Å². The molecule has 6 nitrogen and oxygen atoms in total. The van der Waals surface area contributed by atoms with Gasteiger partial charge in [-0.3, -0.25) is 9.59 Å². The van der Waals surface area contributed by atoms with E-state index in [-0.39, 0.29) is 16.9 Å². The Bertz CT molecular complexity index is 712. The number of benzene rings is 1. The summed E-state index contributed by atoms with van der Waals surface area (Å²) in [5.41, 5.74) is 1.33. The molecule has 1 rings (SSSR count). The highest BCUT2D eigenvalue weighted by Crippen LogP contribution is 2.29. The highest BCUT2D eigenvalue weighted by Gasteiger charge is 2.34. The van der Waals surface area contributed by atoms with Gasteiger partial charge in [-0.1, -0.05) is 80.3 Å². The number of unbranched alkanes of at least 4 members (excludes halogenated alkanes) is 6. The molecule has 0 aliphatic carbocycles. The molecular weight excluding hydrogens is 479 g/mol. The van der Waals surface area contributed by atoms with Gasteiger partial charge in [0.05, 0.1) is 0 Å². The van der Waals surface area contributed by atoms with Gasteiger partial charge in [-0.25, -0.2) is 0 Å². The third-order valence-electron chi connectivity index (χ3n) is 4.38. The van der Waals surface area contributed by atoms with Gasteiger partial charge in [0.15, 0.2) is 5.11 Å². The molecule has 0 spiro atoms. The molecule has 10 heteroatoms. The average Bonchev–Trinajstić information content (AvgIpc) is 2.67. The molecule has 1 aromatic carbocycles. The number of carbonyl (C=O) groups excluding carboxylic acids is 2. The molecular formula is C21H31Cl3N4O2S. The van der Waals surface area contributed by atoms with E-state index in [2.05, 4.69) is 28.2 Å². The first-order valence-electron chi connectivity index (χ1n) is 10.4. The lowest BCUT2D eigenvalue weighted by Crippen LogP contribution is -2.56. The highest BCUT2D eigenvalue weighted by atomic mass is 35.6. The zero-order valence-electron chi connectivity index (χ0n) is 17.9. The molecule has 0 aromatic heterocycles. The second-order valence-electron chi connectivity index (χ2n) is 7.27. The lowest BCUT2D eigenvalue weighted by Gasteiger charge is -2.27. The van der Waals surface area contributed by atoms with E-state index in [1.807, 2.05) is 0 Å². The number of nitrogens with one attached hydrogen (secondary N) is 4. The van der Waals surface area contributed by atoms with Gasteiger partial charge < -0.3 is 21.3 Å². The maximum absolute atomic E-state index is 12.3. The van der Waals surface area contributed by atoms with Crippen molar-refractivity contribution in [1.29, 1.82) is 0 Å². The Morgan fingerprint density at radius 3 is 1.94 bits per heavy atom. The van der Waals surface area contributed by atoms with Gasteiger partial charge in [-0.15, -0.1) is 0 Å². The lowest BCUT2D eigenvalue weighted by atomic mass is 10.1. The van der Waals surface area contributed by atoms with Crippen LogP contribution in [0.4, 0.5) is 11.4 Å². The van der Waals surface area contributed by atoms with Crippen LogP contribution in [0.2, 0.25) is 0 Å². The molecule has 1 aromatic rings. The van der Waals surface area contributed by atoms with Crippen LogP contribution in [0.15, 0.2) is 24.3 Å². The first kappa shape index (κ1) is 27.8. The summed E-state index contributed by atoms with van der Waals surface area (Å²) >= 11 is 23.3. The third kappa shape index (κ3) is 13.0. The van der Waals surface area contributed by atoms with E-state index in [0.29, 0.717) is 17.8 Å². The quantitative estimate of drug-likeness (QED) is 0.122. The first-order chi connectivity index (χ1) is 14.6. The highest BCUT2D eigenvalue weighted by molar-refractivity contribution is 7.80. The fourth-order valence-corrected chi connectivity index (χ4v) is 3.38. The first-order valence-corrected chi connectivity index (χ1v) is 12.0. The van der Waals surface area contributed by atoms with Crippen molar-refractivity contribution in [1.82, 2.24) is 10.6 Å². The number of carbonyl (C=O) groups is 2. The normalized spacial score (nSPS) is 12.0. The van der Waals surface area contributed by atoms with Gasteiger partial charge in [-0.05, 0) is 42.9 Å². The number of hydrogen-bond acceptors (Lipinski definition) is 3. The van der Waals surface area contributed by atoms with Crippen molar-refractivity contribution in [3.05, 3.63) is 24.3 Å². The monoisotopic (exact) mass is 508 g/mol. The molecule has 0 saturated heterocycles. The van der Waals surface area contributed by atoms with Gasteiger partial charge in [0.1, 0.15) is 6.17 Å². The van der Waals surface area contributed by atoms with Gasteiger partial charge in [0.2, 0.25) is 15.6 Å². The van der Waals surface area contributed by atoms with E-state index in [0.717, 1.165) is 19.3 Å². The van der Waals surface area contributed by atoms with Crippen LogP contribution in [0.1, 0.15) is 65.2 Å². The summed E-state index contributed by atoms with van der Waals surface area (Å²) in [6, 6.07) is 6.93. The van der Waals surface area contributed by atoms with E-state index in [1.165, 1.54) is 32.6 Å². The summed E-state index contributed by atoms with van der Waals surface area (Å²) in [4.78, 5) is 23.4. The molecule has 0 heterocycles. The van der Waals surface area contributed by atoms with Crippen molar-refractivity contribution < 1.29 is 9.59 Å². The fraction of sp³-hybridized carbons (Fsp3) is 0.571. The van der Waals surface area contributed by atoms with Crippen molar-refractivity contribution in [2.45, 2.75) is 75.2 Å². The summed E-state index contributed by atoms with van der Waals surface area (Å²) in [6.07, 6.45) is 7.17. The maximum Gasteiger partial charge on any atom is 0.228 e. The Morgan fingerprint density at radius 2 is 1.42 bits per heavy atom. The number of hydrogen-bond donors (Lipinski definition) is 4. The van der Waals surface area contributed by atoms with Crippen LogP contribution in [0, 0.1) is 0 Å². The van der Waals surface area contributed by atoms with E-state index in [9.17, 15) is 9.59 Å².